The van der Waals surface area contributed by atoms with Gasteiger partial charge in [-0.2, -0.15) is 0 Å². The molecule has 44 heavy (non-hydrogen) atoms. The van der Waals surface area contributed by atoms with Gasteiger partial charge in [0.1, 0.15) is 65.2 Å². The van der Waals surface area contributed by atoms with Gasteiger partial charge in [-0.05, 0) is 31.2 Å². The number of phenolic OH excluding ortho intramolecular Hbond substituents is 1. The van der Waals surface area contributed by atoms with Crippen molar-refractivity contribution in [3.8, 4) is 34.3 Å². The fourth-order valence-electron chi connectivity index (χ4n) is 5.06. The molecule has 1 aromatic heterocycles. The molecule has 0 aliphatic carbocycles. The molecular weight excluding hydrogens is 588 g/mol. The second-order valence-electron chi connectivity index (χ2n) is 10.5. The van der Waals surface area contributed by atoms with Crippen LogP contribution in [0.25, 0.3) is 22.3 Å². The number of aliphatic hydroxyl groups is 6. The monoisotopic (exact) mass is 622 g/mol. The first kappa shape index (κ1) is 31.9. The van der Waals surface area contributed by atoms with Gasteiger partial charge < -0.3 is 68.6 Å². The van der Waals surface area contributed by atoms with Crippen LogP contribution in [0.4, 0.5) is 0 Å². The van der Waals surface area contributed by atoms with Crippen molar-refractivity contribution >= 4 is 11.0 Å². The summed E-state index contributed by atoms with van der Waals surface area (Å²) in [6.07, 6.45) is -15.2. The molecule has 2 saturated heterocycles. The van der Waals surface area contributed by atoms with Crippen LogP contribution in [-0.4, -0.2) is 118 Å². The third-order valence-electron chi connectivity index (χ3n) is 7.64. The van der Waals surface area contributed by atoms with Gasteiger partial charge in [-0.1, -0.05) is 0 Å². The minimum atomic E-state index is -1.81. The lowest BCUT2D eigenvalue weighted by atomic mass is 9.98. The molecule has 0 radical (unpaired) electrons. The molecule has 2 fully saturated rings. The minimum Gasteiger partial charge on any atom is -0.504 e. The summed E-state index contributed by atoms with van der Waals surface area (Å²) >= 11 is 0. The highest BCUT2D eigenvalue weighted by atomic mass is 16.7. The van der Waals surface area contributed by atoms with Crippen molar-refractivity contribution in [1.29, 1.82) is 0 Å². The SMILES string of the molecule is COc1ccc(-c2cc(=O)c3c(O)c(OC)c(O[C@H]4O[C@@H](CO[C@@H]5O[C@H](C)[C@H](O)[C@@H](O)[C@@H]5O)[C@H](O)[C@@H](O)[C@@H]4O)cc3o2)cc1. The summed E-state index contributed by atoms with van der Waals surface area (Å²) in [5, 5.41) is 72.6. The molecule has 0 bridgehead atoms. The Hall–Kier alpha value is -3.51. The molecule has 10 atom stereocenters. The van der Waals surface area contributed by atoms with E-state index >= 15 is 0 Å². The summed E-state index contributed by atoms with van der Waals surface area (Å²) < 4.78 is 38.7. The van der Waals surface area contributed by atoms with Gasteiger partial charge in [0.15, 0.2) is 23.2 Å². The van der Waals surface area contributed by atoms with Gasteiger partial charge in [0, 0.05) is 17.7 Å². The number of rotatable bonds is 8. The largest absolute Gasteiger partial charge is 0.504 e. The molecule has 15 nitrogen and oxygen atoms in total. The Kier molecular flexibility index (Phi) is 9.31. The highest BCUT2D eigenvalue weighted by Crippen LogP contribution is 2.43. The molecule has 7 N–H and O–H groups in total. The van der Waals surface area contributed by atoms with Crippen LogP contribution in [0.3, 0.4) is 0 Å². The van der Waals surface area contributed by atoms with E-state index in [9.17, 15) is 40.5 Å². The second-order valence-corrected chi connectivity index (χ2v) is 10.5. The normalized spacial score (nSPS) is 32.4. The number of methoxy groups -OCH3 is 2. The molecule has 15 heteroatoms. The second kappa shape index (κ2) is 12.8. The molecule has 3 aromatic rings. The summed E-state index contributed by atoms with van der Waals surface area (Å²) in [4.78, 5) is 13.0. The maximum atomic E-state index is 13.0. The number of hydrogen-bond acceptors (Lipinski definition) is 15. The molecule has 240 valence electrons. The zero-order chi connectivity index (χ0) is 31.9. The van der Waals surface area contributed by atoms with Gasteiger partial charge in [0.2, 0.25) is 12.0 Å². The van der Waals surface area contributed by atoms with Crippen LogP contribution >= 0.6 is 0 Å². The van der Waals surface area contributed by atoms with E-state index in [0.29, 0.717) is 11.3 Å². The van der Waals surface area contributed by atoms with Crippen molar-refractivity contribution in [3.63, 3.8) is 0 Å². The van der Waals surface area contributed by atoms with Crippen molar-refractivity contribution in [2.24, 2.45) is 0 Å². The highest BCUT2D eigenvalue weighted by Gasteiger charge is 2.47. The van der Waals surface area contributed by atoms with E-state index in [-0.39, 0.29) is 28.2 Å². The molecule has 2 aliphatic rings. The summed E-state index contributed by atoms with van der Waals surface area (Å²) in [6, 6.07) is 9.13. The fourth-order valence-corrected chi connectivity index (χ4v) is 5.06. The molecule has 0 spiro atoms. The number of hydrogen-bond donors (Lipinski definition) is 7. The molecule has 0 unspecified atom stereocenters. The smallest absolute Gasteiger partial charge is 0.229 e. The summed E-state index contributed by atoms with van der Waals surface area (Å²) in [6.45, 7) is 0.947. The topological polar surface area (TPSA) is 227 Å². The standard InChI is InChI=1S/C29H34O15/c1-11-20(31)23(34)25(36)28(41-11)40-10-18-21(32)24(35)26(37)29(44-18)43-17-9-16-19(22(33)27(17)39-3)14(30)8-15(42-16)12-4-6-13(38-2)7-5-12/h4-9,11,18,20-21,23-26,28-29,31-37H,10H2,1-3H3/t11-,18+,20+,21+,23-,24-,25+,26+,28-,29+/m1/s1. The summed E-state index contributed by atoms with van der Waals surface area (Å²) in [7, 11) is 2.72. The van der Waals surface area contributed by atoms with Crippen LogP contribution < -0.4 is 19.6 Å². The van der Waals surface area contributed by atoms with Gasteiger partial charge in [0.25, 0.3) is 0 Å². The lowest BCUT2D eigenvalue weighted by molar-refractivity contribution is -0.318. The van der Waals surface area contributed by atoms with Crippen molar-refractivity contribution in [1.82, 2.24) is 0 Å². The van der Waals surface area contributed by atoms with Crippen molar-refractivity contribution < 1.29 is 68.6 Å². The van der Waals surface area contributed by atoms with Crippen LogP contribution in [0.1, 0.15) is 6.92 Å². The van der Waals surface area contributed by atoms with E-state index < -0.39 is 79.2 Å². The molecule has 3 heterocycles. The first-order valence-corrected chi connectivity index (χ1v) is 13.6. The van der Waals surface area contributed by atoms with Crippen LogP contribution in [0.5, 0.6) is 23.0 Å². The van der Waals surface area contributed by atoms with E-state index in [2.05, 4.69) is 0 Å². The zero-order valence-corrected chi connectivity index (χ0v) is 23.8. The number of fused-ring (bicyclic) bond motifs is 1. The molecule has 5 rings (SSSR count). The van der Waals surface area contributed by atoms with Gasteiger partial charge in [-0.3, -0.25) is 4.79 Å². The predicted molar refractivity (Wildman–Crippen MR) is 148 cm³/mol. The van der Waals surface area contributed by atoms with E-state index in [0.717, 1.165) is 0 Å². The first-order chi connectivity index (χ1) is 20.9. The molecule has 0 saturated carbocycles. The fraction of sp³-hybridized carbons (Fsp3) is 0.483. The Balaban J connectivity index is 1.41. The number of aromatic hydroxyl groups is 1. The van der Waals surface area contributed by atoms with Crippen molar-refractivity contribution in [3.05, 3.63) is 46.6 Å². The maximum absolute atomic E-state index is 13.0. The van der Waals surface area contributed by atoms with Gasteiger partial charge in [-0.25, -0.2) is 0 Å². The number of benzene rings is 2. The molecule has 0 amide bonds. The third kappa shape index (κ3) is 5.93. The molecule has 2 aliphatic heterocycles. The van der Waals surface area contributed by atoms with Crippen LogP contribution in [0.15, 0.2) is 45.6 Å². The average molecular weight is 623 g/mol. The van der Waals surface area contributed by atoms with Crippen molar-refractivity contribution in [2.45, 2.75) is 68.3 Å². The minimum absolute atomic E-state index is 0.0966. The quantitative estimate of drug-likeness (QED) is 0.163. The Morgan fingerprint density at radius 1 is 0.795 bits per heavy atom. The van der Waals surface area contributed by atoms with Gasteiger partial charge in [-0.15, -0.1) is 0 Å². The first-order valence-electron chi connectivity index (χ1n) is 13.6. The Labute approximate surface area is 249 Å². The average Bonchev–Trinajstić information content (AvgIpc) is 3.01. The Bertz CT molecular complexity index is 1510. The van der Waals surface area contributed by atoms with E-state index in [4.69, 9.17) is 32.8 Å². The van der Waals surface area contributed by atoms with E-state index in [1.165, 1.54) is 33.3 Å². The van der Waals surface area contributed by atoms with Crippen LogP contribution in [-0.2, 0) is 14.2 Å². The summed E-state index contributed by atoms with van der Waals surface area (Å²) in [5.41, 5.74) is -0.138. The van der Waals surface area contributed by atoms with E-state index in [1.54, 1.807) is 24.3 Å². The Morgan fingerprint density at radius 2 is 1.45 bits per heavy atom. The number of phenols is 1. The number of ether oxygens (including phenoxy) is 6. The zero-order valence-electron chi connectivity index (χ0n) is 23.8. The molecular formula is C29H34O15. The van der Waals surface area contributed by atoms with Crippen LogP contribution in [0, 0.1) is 0 Å². The number of aliphatic hydroxyl groups excluding tert-OH is 6. The predicted octanol–water partition coefficient (Wildman–Crippen LogP) is -0.787. The van der Waals surface area contributed by atoms with E-state index in [1.807, 2.05) is 0 Å². The van der Waals surface area contributed by atoms with Crippen molar-refractivity contribution in [2.75, 3.05) is 20.8 Å². The summed E-state index contributed by atoms with van der Waals surface area (Å²) in [5.74, 6) is -0.391. The third-order valence-corrected chi connectivity index (χ3v) is 7.64. The highest BCUT2D eigenvalue weighted by molar-refractivity contribution is 5.89. The Morgan fingerprint density at radius 3 is 2.11 bits per heavy atom. The molecule has 2 aromatic carbocycles. The van der Waals surface area contributed by atoms with Gasteiger partial charge >= 0.3 is 0 Å². The lowest BCUT2D eigenvalue weighted by Gasteiger charge is -2.42. The lowest BCUT2D eigenvalue weighted by Crippen LogP contribution is -2.61. The maximum Gasteiger partial charge on any atom is 0.229 e. The van der Waals surface area contributed by atoms with Gasteiger partial charge in [0.05, 0.1) is 26.9 Å². The van der Waals surface area contributed by atoms with Crippen LogP contribution in [0.2, 0.25) is 0 Å².